The molecule has 37 heavy (non-hydrogen) atoms. The molecule has 0 saturated heterocycles. The van der Waals surface area contributed by atoms with Crippen LogP contribution in [0.5, 0.6) is 5.75 Å². The Morgan fingerprint density at radius 1 is 0.973 bits per heavy atom. The van der Waals surface area contributed by atoms with Gasteiger partial charge in [0, 0.05) is 44.3 Å². The van der Waals surface area contributed by atoms with E-state index in [1.807, 2.05) is 0 Å². The number of hydrogen-bond donors (Lipinski definition) is 0. The number of carbonyl (C=O) groups is 3. The first-order valence-corrected chi connectivity index (χ1v) is 13.0. The molecule has 0 aromatic heterocycles. The Kier molecular flexibility index (Phi) is 10.2. The molecule has 0 spiro atoms. The van der Waals surface area contributed by atoms with Crippen molar-refractivity contribution in [3.63, 3.8) is 0 Å². The van der Waals surface area contributed by atoms with E-state index < -0.39 is 11.9 Å². The monoisotopic (exact) mass is 551 g/mol. The van der Waals surface area contributed by atoms with E-state index in [0.29, 0.717) is 68.3 Å². The van der Waals surface area contributed by atoms with Crippen LogP contribution >= 0.6 is 23.2 Å². The molecule has 0 aliphatic carbocycles. The number of carbonyl (C=O) groups excluding carboxylic acids is 3. The summed E-state index contributed by atoms with van der Waals surface area (Å²) in [6.45, 7) is 3.43. The fourth-order valence-electron chi connectivity index (χ4n) is 4.12. The standard InChI is InChI=1S/C27H32Cl2FN3O4/c1-18-25(34)31(2)12-4-5-13-33(26(35)19-8-10-23(30)22(29)16-19)14-6-7-15-37-24-11-9-20(28)17-21(24)27(36)32(18)3/h8-11,16-18H,4-7,12-15H2,1-3H3/t18-/m0/s1. The molecule has 0 radical (unpaired) electrons. The lowest BCUT2D eigenvalue weighted by atomic mass is 10.1. The van der Waals surface area contributed by atoms with Gasteiger partial charge in [0.05, 0.1) is 17.2 Å². The van der Waals surface area contributed by atoms with Crippen LogP contribution in [0.2, 0.25) is 10.0 Å². The molecule has 1 aliphatic rings. The van der Waals surface area contributed by atoms with Gasteiger partial charge in [-0.3, -0.25) is 14.4 Å². The van der Waals surface area contributed by atoms with Gasteiger partial charge in [0.2, 0.25) is 5.91 Å². The SMILES string of the molecule is C[C@H]1C(=O)N(C)CCCCN(C(=O)c2ccc(F)c(Cl)c2)CCCCOc2ccc(Cl)cc2C(=O)N1C. The van der Waals surface area contributed by atoms with Crippen molar-refractivity contribution in [1.29, 1.82) is 0 Å². The zero-order valence-electron chi connectivity index (χ0n) is 21.3. The minimum Gasteiger partial charge on any atom is -0.493 e. The maximum absolute atomic E-state index is 13.6. The Bertz CT molecular complexity index is 1150. The molecule has 0 unspecified atom stereocenters. The molecule has 7 nitrogen and oxygen atoms in total. The Hall–Kier alpha value is -2.84. The second kappa shape index (κ2) is 13.1. The molecule has 1 atom stereocenters. The zero-order chi connectivity index (χ0) is 27.1. The van der Waals surface area contributed by atoms with Crippen molar-refractivity contribution in [2.75, 3.05) is 40.3 Å². The van der Waals surface area contributed by atoms with Gasteiger partial charge in [-0.05, 0) is 69.0 Å². The smallest absolute Gasteiger partial charge is 0.258 e. The molecule has 2 aromatic rings. The van der Waals surface area contributed by atoms with Crippen molar-refractivity contribution >= 4 is 40.9 Å². The number of benzene rings is 2. The third-order valence-electron chi connectivity index (χ3n) is 6.51. The van der Waals surface area contributed by atoms with Gasteiger partial charge in [-0.1, -0.05) is 23.2 Å². The van der Waals surface area contributed by atoms with E-state index in [1.165, 1.54) is 23.1 Å². The molecule has 10 heteroatoms. The number of nitrogens with zero attached hydrogens (tertiary/aromatic N) is 3. The molecule has 0 fully saturated rings. The molecular formula is C27H32Cl2FN3O4. The molecule has 1 aliphatic heterocycles. The highest BCUT2D eigenvalue weighted by atomic mass is 35.5. The number of hydrogen-bond acceptors (Lipinski definition) is 4. The van der Waals surface area contributed by atoms with Gasteiger partial charge >= 0.3 is 0 Å². The lowest BCUT2D eigenvalue weighted by Crippen LogP contribution is -2.47. The van der Waals surface area contributed by atoms with Crippen molar-refractivity contribution < 1.29 is 23.5 Å². The highest BCUT2D eigenvalue weighted by Gasteiger charge is 2.28. The second-order valence-corrected chi connectivity index (χ2v) is 10.0. The summed E-state index contributed by atoms with van der Waals surface area (Å²) in [4.78, 5) is 44.1. The minimum atomic E-state index is -0.693. The van der Waals surface area contributed by atoms with Crippen molar-refractivity contribution in [1.82, 2.24) is 14.7 Å². The van der Waals surface area contributed by atoms with Crippen LogP contribution in [0.1, 0.15) is 53.3 Å². The lowest BCUT2D eigenvalue weighted by molar-refractivity contribution is -0.133. The van der Waals surface area contributed by atoms with Gasteiger partial charge in [0.1, 0.15) is 17.6 Å². The van der Waals surface area contributed by atoms with E-state index in [-0.39, 0.29) is 28.3 Å². The molecule has 3 amide bonds. The summed E-state index contributed by atoms with van der Waals surface area (Å²) in [6, 6.07) is 8.09. The quantitative estimate of drug-likeness (QED) is 0.491. The summed E-state index contributed by atoms with van der Waals surface area (Å²) in [7, 11) is 3.28. The summed E-state index contributed by atoms with van der Waals surface area (Å²) in [5.74, 6) is -0.977. The predicted octanol–water partition coefficient (Wildman–Crippen LogP) is 5.15. The van der Waals surface area contributed by atoms with Crippen molar-refractivity contribution in [3.8, 4) is 5.75 Å². The highest BCUT2D eigenvalue weighted by molar-refractivity contribution is 6.31. The maximum atomic E-state index is 13.6. The van der Waals surface area contributed by atoms with Crippen LogP contribution in [0.4, 0.5) is 4.39 Å². The van der Waals surface area contributed by atoms with E-state index in [4.69, 9.17) is 27.9 Å². The Balaban J connectivity index is 1.81. The molecular weight excluding hydrogens is 520 g/mol. The van der Waals surface area contributed by atoms with E-state index in [1.54, 1.807) is 49.0 Å². The normalized spacial score (nSPS) is 18.8. The molecule has 0 N–H and O–H groups in total. The van der Waals surface area contributed by atoms with Crippen LogP contribution in [0.3, 0.4) is 0 Å². The van der Waals surface area contributed by atoms with Crippen LogP contribution in [0, 0.1) is 5.82 Å². The van der Waals surface area contributed by atoms with Gasteiger partial charge in [-0.15, -0.1) is 0 Å². The van der Waals surface area contributed by atoms with E-state index >= 15 is 0 Å². The molecule has 200 valence electrons. The average molecular weight is 552 g/mol. The molecule has 1 heterocycles. The first-order valence-electron chi connectivity index (χ1n) is 12.3. The van der Waals surface area contributed by atoms with E-state index in [0.717, 1.165) is 0 Å². The molecule has 0 bridgehead atoms. The second-order valence-electron chi connectivity index (χ2n) is 9.18. The number of halogens is 3. The number of amides is 3. The first-order chi connectivity index (χ1) is 17.6. The largest absolute Gasteiger partial charge is 0.493 e. The average Bonchev–Trinajstić information content (AvgIpc) is 2.89. The van der Waals surface area contributed by atoms with Gasteiger partial charge in [-0.2, -0.15) is 0 Å². The molecule has 2 aromatic carbocycles. The fourth-order valence-corrected chi connectivity index (χ4v) is 4.47. The third-order valence-corrected chi connectivity index (χ3v) is 7.04. The van der Waals surface area contributed by atoms with E-state index in [2.05, 4.69) is 0 Å². The van der Waals surface area contributed by atoms with Gasteiger partial charge in [0.15, 0.2) is 0 Å². The summed E-state index contributed by atoms with van der Waals surface area (Å²) >= 11 is 12.1. The number of fused-ring (bicyclic) bond motifs is 1. The number of likely N-dealkylation sites (N-methyl/N-ethyl adjacent to an activating group) is 2. The topological polar surface area (TPSA) is 70.2 Å². The van der Waals surface area contributed by atoms with Crippen LogP contribution in [-0.2, 0) is 4.79 Å². The third kappa shape index (κ3) is 7.36. The Morgan fingerprint density at radius 3 is 2.35 bits per heavy atom. The van der Waals surface area contributed by atoms with Crippen molar-refractivity contribution in [2.45, 2.75) is 38.6 Å². The van der Waals surface area contributed by atoms with Gasteiger partial charge < -0.3 is 19.4 Å². The van der Waals surface area contributed by atoms with Crippen LogP contribution in [-0.4, -0.2) is 78.8 Å². The number of rotatable bonds is 1. The first kappa shape index (κ1) is 28.7. The van der Waals surface area contributed by atoms with Crippen LogP contribution < -0.4 is 4.74 Å². The minimum absolute atomic E-state index is 0.0998. The number of ether oxygens (including phenoxy) is 1. The lowest BCUT2D eigenvalue weighted by Gasteiger charge is -2.29. The van der Waals surface area contributed by atoms with Crippen molar-refractivity contribution in [3.05, 3.63) is 63.4 Å². The van der Waals surface area contributed by atoms with Gasteiger partial charge in [-0.25, -0.2) is 4.39 Å². The Labute approximate surface area is 227 Å². The maximum Gasteiger partial charge on any atom is 0.258 e. The summed E-state index contributed by atoms with van der Waals surface area (Å²) in [5, 5.41) is 0.290. The van der Waals surface area contributed by atoms with Crippen LogP contribution in [0.15, 0.2) is 36.4 Å². The summed E-state index contributed by atoms with van der Waals surface area (Å²) in [5.41, 5.74) is 0.605. The molecule has 0 saturated carbocycles. The zero-order valence-corrected chi connectivity index (χ0v) is 22.8. The van der Waals surface area contributed by atoms with Gasteiger partial charge in [0.25, 0.3) is 11.8 Å². The van der Waals surface area contributed by atoms with Crippen LogP contribution in [0.25, 0.3) is 0 Å². The predicted molar refractivity (Wildman–Crippen MR) is 142 cm³/mol. The summed E-state index contributed by atoms with van der Waals surface area (Å²) < 4.78 is 19.5. The molecule has 3 rings (SSSR count). The fraction of sp³-hybridized carbons (Fsp3) is 0.444. The van der Waals surface area contributed by atoms with Crippen molar-refractivity contribution in [2.24, 2.45) is 0 Å². The van der Waals surface area contributed by atoms with E-state index in [9.17, 15) is 18.8 Å². The Morgan fingerprint density at radius 2 is 1.65 bits per heavy atom. The summed E-state index contributed by atoms with van der Waals surface area (Å²) in [6.07, 6.45) is 2.63. The highest BCUT2D eigenvalue weighted by Crippen LogP contribution is 2.25.